The summed E-state index contributed by atoms with van der Waals surface area (Å²) in [6, 6.07) is 0.542. The molecule has 0 saturated carbocycles. The molecule has 1 aliphatic rings. The maximum atomic E-state index is 3.87. The van der Waals surface area contributed by atoms with Crippen molar-refractivity contribution < 1.29 is 0 Å². The molecule has 1 rings (SSSR count). The molecule has 0 bridgehead atoms. The molecule has 0 aromatic rings. The molecule has 2 nitrogen and oxygen atoms in total. The first-order valence-corrected chi connectivity index (χ1v) is 2.59. The Morgan fingerprint density at radius 2 is 2.29 bits per heavy atom. The van der Waals surface area contributed by atoms with Crippen LogP contribution in [0.2, 0.25) is 0 Å². The van der Waals surface area contributed by atoms with E-state index in [4.69, 9.17) is 0 Å². The van der Waals surface area contributed by atoms with Crippen molar-refractivity contribution in [3.63, 3.8) is 0 Å². The highest BCUT2D eigenvalue weighted by Crippen LogP contribution is 2.02. The number of hydrogen-bond acceptors (Lipinski definition) is 2. The van der Waals surface area contributed by atoms with Gasteiger partial charge < -0.3 is 5.43 Å². The van der Waals surface area contributed by atoms with Crippen LogP contribution in [0.5, 0.6) is 0 Å². The van der Waals surface area contributed by atoms with Crippen molar-refractivity contribution in [2.75, 3.05) is 0 Å². The lowest BCUT2D eigenvalue weighted by Crippen LogP contribution is -2.20. The Morgan fingerprint density at radius 3 is 2.43 bits per heavy atom. The SMILES string of the molecule is C[C@@H]1C=NN[C@@H]1C. The van der Waals surface area contributed by atoms with Crippen molar-refractivity contribution in [1.29, 1.82) is 0 Å². The molecule has 0 radical (unpaired) electrons. The van der Waals surface area contributed by atoms with Gasteiger partial charge in [-0.1, -0.05) is 6.92 Å². The van der Waals surface area contributed by atoms with Gasteiger partial charge in [-0.2, -0.15) is 5.10 Å². The zero-order valence-electron chi connectivity index (χ0n) is 4.68. The van der Waals surface area contributed by atoms with E-state index in [0.29, 0.717) is 12.0 Å². The van der Waals surface area contributed by atoms with Gasteiger partial charge in [0.25, 0.3) is 0 Å². The van der Waals surface area contributed by atoms with Crippen molar-refractivity contribution in [1.82, 2.24) is 5.43 Å². The minimum absolute atomic E-state index is 0.542. The molecule has 0 fully saturated rings. The van der Waals surface area contributed by atoms with Gasteiger partial charge in [0.05, 0.1) is 0 Å². The van der Waals surface area contributed by atoms with Crippen LogP contribution in [0.15, 0.2) is 5.10 Å². The van der Waals surface area contributed by atoms with E-state index >= 15 is 0 Å². The smallest absolute Gasteiger partial charge is 0.0487 e. The molecule has 40 valence electrons. The van der Waals surface area contributed by atoms with Gasteiger partial charge in [0.1, 0.15) is 0 Å². The highest BCUT2D eigenvalue weighted by Gasteiger charge is 2.12. The van der Waals surface area contributed by atoms with E-state index in [1.165, 1.54) is 0 Å². The minimum Gasteiger partial charge on any atom is -0.307 e. The molecule has 0 spiro atoms. The Kier molecular flexibility index (Phi) is 1.01. The van der Waals surface area contributed by atoms with Gasteiger partial charge in [-0.25, -0.2) is 0 Å². The van der Waals surface area contributed by atoms with Crippen LogP contribution in [0.3, 0.4) is 0 Å². The van der Waals surface area contributed by atoms with Crippen molar-refractivity contribution in [2.45, 2.75) is 19.9 Å². The maximum absolute atomic E-state index is 3.87. The van der Waals surface area contributed by atoms with E-state index < -0.39 is 0 Å². The number of rotatable bonds is 0. The predicted octanol–water partition coefficient (Wildman–Crippen LogP) is 0.600. The van der Waals surface area contributed by atoms with E-state index in [2.05, 4.69) is 24.4 Å². The lowest BCUT2D eigenvalue weighted by molar-refractivity contribution is 0.544. The number of hydrazone groups is 1. The summed E-state index contributed by atoms with van der Waals surface area (Å²) in [5, 5.41) is 3.87. The summed E-state index contributed by atoms with van der Waals surface area (Å²) < 4.78 is 0. The molecule has 1 aliphatic heterocycles. The molecular weight excluding hydrogens is 88.1 g/mol. The van der Waals surface area contributed by atoms with Crippen molar-refractivity contribution >= 4 is 6.21 Å². The summed E-state index contributed by atoms with van der Waals surface area (Å²) in [6.45, 7) is 4.27. The van der Waals surface area contributed by atoms with Gasteiger partial charge in [-0.3, -0.25) is 0 Å². The fourth-order valence-electron chi connectivity index (χ4n) is 0.525. The van der Waals surface area contributed by atoms with E-state index in [-0.39, 0.29) is 0 Å². The molecule has 0 amide bonds. The minimum atomic E-state index is 0.542. The zero-order chi connectivity index (χ0) is 5.28. The summed E-state index contributed by atoms with van der Waals surface area (Å²) in [6.07, 6.45) is 1.94. The molecule has 2 atom stereocenters. The van der Waals surface area contributed by atoms with Crippen LogP contribution in [-0.4, -0.2) is 12.3 Å². The Bertz CT molecular complexity index is 88.1. The second kappa shape index (κ2) is 1.52. The van der Waals surface area contributed by atoms with Gasteiger partial charge in [0, 0.05) is 18.2 Å². The first-order valence-electron chi connectivity index (χ1n) is 2.59. The van der Waals surface area contributed by atoms with Crippen molar-refractivity contribution in [3.8, 4) is 0 Å². The summed E-state index contributed by atoms with van der Waals surface area (Å²) in [7, 11) is 0. The van der Waals surface area contributed by atoms with Gasteiger partial charge >= 0.3 is 0 Å². The van der Waals surface area contributed by atoms with Gasteiger partial charge in [-0.05, 0) is 6.92 Å². The average molecular weight is 98.1 g/mol. The van der Waals surface area contributed by atoms with Crippen LogP contribution < -0.4 is 5.43 Å². The molecule has 0 saturated heterocycles. The largest absolute Gasteiger partial charge is 0.307 e. The quantitative estimate of drug-likeness (QED) is 0.471. The Balaban J connectivity index is 2.45. The first-order chi connectivity index (χ1) is 3.30. The first kappa shape index (κ1) is 4.62. The molecule has 1 N–H and O–H groups in total. The lowest BCUT2D eigenvalue weighted by Gasteiger charge is -2.04. The van der Waals surface area contributed by atoms with Gasteiger partial charge in [0.2, 0.25) is 0 Å². The predicted molar refractivity (Wildman–Crippen MR) is 30.3 cm³/mol. The number of hydrogen-bond donors (Lipinski definition) is 1. The molecule has 0 aromatic heterocycles. The molecule has 0 aromatic carbocycles. The molecule has 0 aliphatic carbocycles. The van der Waals surface area contributed by atoms with Gasteiger partial charge in [0.15, 0.2) is 0 Å². The molecule has 0 unspecified atom stereocenters. The highest BCUT2D eigenvalue weighted by molar-refractivity contribution is 5.62. The van der Waals surface area contributed by atoms with E-state index in [9.17, 15) is 0 Å². The van der Waals surface area contributed by atoms with Crippen LogP contribution in [-0.2, 0) is 0 Å². The van der Waals surface area contributed by atoms with Crippen LogP contribution in [0.4, 0.5) is 0 Å². The van der Waals surface area contributed by atoms with Crippen LogP contribution in [0.1, 0.15) is 13.8 Å². The second-order valence-corrected chi connectivity index (χ2v) is 2.06. The Morgan fingerprint density at radius 1 is 1.57 bits per heavy atom. The summed E-state index contributed by atoms with van der Waals surface area (Å²) in [5.74, 6) is 0.611. The number of nitrogens with zero attached hydrogens (tertiary/aromatic N) is 1. The Labute approximate surface area is 43.6 Å². The fraction of sp³-hybridized carbons (Fsp3) is 0.800. The molecular formula is C5H10N2. The van der Waals surface area contributed by atoms with E-state index in [0.717, 1.165) is 0 Å². The Hall–Kier alpha value is -0.530. The summed E-state index contributed by atoms with van der Waals surface area (Å²) in [5.41, 5.74) is 2.94. The summed E-state index contributed by atoms with van der Waals surface area (Å²) in [4.78, 5) is 0. The third kappa shape index (κ3) is 0.734. The fourth-order valence-corrected chi connectivity index (χ4v) is 0.525. The third-order valence-corrected chi connectivity index (χ3v) is 1.38. The maximum Gasteiger partial charge on any atom is 0.0487 e. The van der Waals surface area contributed by atoms with Crippen molar-refractivity contribution in [3.05, 3.63) is 0 Å². The zero-order valence-corrected chi connectivity index (χ0v) is 4.68. The standard InChI is InChI=1S/C5H10N2/c1-4-3-6-7-5(4)2/h3-5,7H,1-2H3/t4-,5-/m1/s1. The van der Waals surface area contributed by atoms with E-state index in [1.54, 1.807) is 0 Å². The monoisotopic (exact) mass is 98.1 g/mol. The molecule has 7 heavy (non-hydrogen) atoms. The van der Waals surface area contributed by atoms with Crippen LogP contribution >= 0.6 is 0 Å². The van der Waals surface area contributed by atoms with E-state index in [1.807, 2.05) is 6.21 Å². The van der Waals surface area contributed by atoms with Crippen molar-refractivity contribution in [2.24, 2.45) is 11.0 Å². The third-order valence-electron chi connectivity index (χ3n) is 1.38. The second-order valence-electron chi connectivity index (χ2n) is 2.06. The van der Waals surface area contributed by atoms with Crippen LogP contribution in [0.25, 0.3) is 0 Å². The molecule has 1 heterocycles. The topological polar surface area (TPSA) is 24.4 Å². The summed E-state index contributed by atoms with van der Waals surface area (Å²) >= 11 is 0. The number of nitrogens with one attached hydrogen (secondary N) is 1. The van der Waals surface area contributed by atoms with Gasteiger partial charge in [-0.15, -0.1) is 0 Å². The normalized spacial score (nSPS) is 38.6. The van der Waals surface area contributed by atoms with Crippen LogP contribution in [0, 0.1) is 5.92 Å². The lowest BCUT2D eigenvalue weighted by atomic mass is 10.1. The average Bonchev–Trinajstić information content (AvgIpc) is 1.91. The molecule has 2 heteroatoms. The highest BCUT2D eigenvalue weighted by atomic mass is 15.3.